The minimum Gasteiger partial charge on any atom is -0.303 e. The van der Waals surface area contributed by atoms with Gasteiger partial charge < -0.3 is 5.32 Å². The summed E-state index contributed by atoms with van der Waals surface area (Å²) >= 11 is 5.62. The Balaban J connectivity index is 2.28. The van der Waals surface area contributed by atoms with Crippen molar-refractivity contribution in [1.82, 2.24) is 9.55 Å². The summed E-state index contributed by atoms with van der Waals surface area (Å²) in [5.74, 6) is -1.75. The van der Waals surface area contributed by atoms with Crippen LogP contribution in [-0.4, -0.2) is 15.6 Å². The fraction of sp³-hybridized carbons (Fsp3) is 0. The maximum atomic E-state index is 13.3. The number of imidazole rings is 1. The predicted octanol–water partition coefficient (Wildman–Crippen LogP) is 2.89. The van der Waals surface area contributed by atoms with Crippen LogP contribution in [-0.2, 0) is 0 Å². The van der Waals surface area contributed by atoms with Gasteiger partial charge in [-0.2, -0.15) is 0 Å². The van der Waals surface area contributed by atoms with Crippen molar-refractivity contribution in [2.24, 2.45) is 0 Å². The Morgan fingerprint density at radius 1 is 1.41 bits per heavy atom. The zero-order chi connectivity index (χ0) is 12.4. The Morgan fingerprint density at radius 2 is 2.18 bits per heavy atom. The molecule has 1 amide bonds. The first-order valence-corrected chi connectivity index (χ1v) is 4.89. The van der Waals surface area contributed by atoms with E-state index in [-0.39, 0.29) is 10.7 Å². The molecule has 0 atom stereocenters. The van der Waals surface area contributed by atoms with Crippen molar-refractivity contribution in [3.05, 3.63) is 47.5 Å². The highest BCUT2D eigenvalue weighted by Crippen LogP contribution is 2.26. The van der Waals surface area contributed by atoms with E-state index in [0.717, 1.165) is 10.6 Å². The van der Waals surface area contributed by atoms with Crippen LogP contribution in [0.2, 0.25) is 5.02 Å². The average Bonchev–Trinajstić information content (AvgIpc) is 2.76. The molecule has 17 heavy (non-hydrogen) atoms. The first kappa shape index (κ1) is 11.5. The van der Waals surface area contributed by atoms with Crippen LogP contribution in [0.4, 0.5) is 19.3 Å². The highest BCUT2D eigenvalue weighted by atomic mass is 35.5. The summed E-state index contributed by atoms with van der Waals surface area (Å²) in [6, 6.07) is 0.902. The second kappa shape index (κ2) is 4.50. The van der Waals surface area contributed by atoms with Gasteiger partial charge in [0.05, 0.1) is 10.7 Å². The Hall–Kier alpha value is -1.95. The van der Waals surface area contributed by atoms with E-state index < -0.39 is 17.7 Å². The monoisotopic (exact) mass is 257 g/mol. The van der Waals surface area contributed by atoms with Gasteiger partial charge >= 0.3 is 6.03 Å². The van der Waals surface area contributed by atoms with Gasteiger partial charge in [0.1, 0.15) is 12.1 Å². The smallest absolute Gasteiger partial charge is 0.303 e. The number of anilines is 1. The van der Waals surface area contributed by atoms with E-state index in [4.69, 9.17) is 11.6 Å². The van der Waals surface area contributed by atoms with Gasteiger partial charge in [0.25, 0.3) is 0 Å². The lowest BCUT2D eigenvalue weighted by atomic mass is 10.3. The number of nitrogens with one attached hydrogen (secondary N) is 1. The van der Waals surface area contributed by atoms with E-state index >= 15 is 0 Å². The number of nitrogens with zero attached hydrogens (tertiary/aromatic N) is 2. The fourth-order valence-electron chi connectivity index (χ4n) is 1.21. The molecular formula is C10H6ClF2N3O. The number of aromatic nitrogens is 2. The van der Waals surface area contributed by atoms with Crippen molar-refractivity contribution in [3.8, 4) is 0 Å². The summed E-state index contributed by atoms with van der Waals surface area (Å²) in [7, 11) is 0. The second-order valence-electron chi connectivity index (χ2n) is 3.14. The summed E-state index contributed by atoms with van der Waals surface area (Å²) in [6.07, 6.45) is 4.01. The van der Waals surface area contributed by atoms with Gasteiger partial charge in [-0.05, 0) is 6.07 Å². The number of amides is 1. The Kier molecular flexibility index (Phi) is 3.06. The van der Waals surface area contributed by atoms with E-state index in [9.17, 15) is 13.6 Å². The molecule has 88 valence electrons. The molecule has 0 bridgehead atoms. The predicted molar refractivity (Wildman–Crippen MR) is 58.0 cm³/mol. The van der Waals surface area contributed by atoms with Gasteiger partial charge in [-0.1, -0.05) is 11.6 Å². The van der Waals surface area contributed by atoms with Crippen molar-refractivity contribution in [2.45, 2.75) is 0 Å². The maximum absolute atomic E-state index is 13.3. The molecule has 2 aromatic rings. The highest BCUT2D eigenvalue weighted by Gasteiger charge is 2.13. The lowest BCUT2D eigenvalue weighted by Gasteiger charge is -2.08. The molecule has 0 aliphatic heterocycles. The van der Waals surface area contributed by atoms with Crippen LogP contribution in [0.1, 0.15) is 0 Å². The topological polar surface area (TPSA) is 46.9 Å². The SMILES string of the molecule is O=C(Nc1c(F)cc(F)cc1Cl)n1ccnc1. The Morgan fingerprint density at radius 3 is 2.76 bits per heavy atom. The number of hydrogen-bond acceptors (Lipinski definition) is 2. The number of carbonyl (C=O) groups excluding carboxylic acids is 1. The summed E-state index contributed by atoms with van der Waals surface area (Å²) in [5.41, 5.74) is -0.272. The Bertz CT molecular complexity index is 534. The van der Waals surface area contributed by atoms with Crippen molar-refractivity contribution >= 4 is 23.3 Å². The lowest BCUT2D eigenvalue weighted by molar-refractivity contribution is 0.253. The first-order valence-electron chi connectivity index (χ1n) is 4.52. The van der Waals surface area contributed by atoms with Gasteiger partial charge in [0.15, 0.2) is 5.82 Å². The molecule has 1 heterocycles. The van der Waals surface area contributed by atoms with E-state index in [1.165, 1.54) is 18.7 Å². The fourth-order valence-corrected chi connectivity index (χ4v) is 1.45. The number of carbonyl (C=O) groups is 1. The highest BCUT2D eigenvalue weighted by molar-refractivity contribution is 6.33. The van der Waals surface area contributed by atoms with Crippen molar-refractivity contribution < 1.29 is 13.6 Å². The van der Waals surface area contributed by atoms with Gasteiger partial charge in [-0.3, -0.25) is 4.57 Å². The minimum atomic E-state index is -0.941. The molecule has 0 aliphatic carbocycles. The molecule has 1 aromatic carbocycles. The van der Waals surface area contributed by atoms with Crippen LogP contribution in [0.15, 0.2) is 30.9 Å². The Labute approximate surface area is 99.8 Å². The lowest BCUT2D eigenvalue weighted by Crippen LogP contribution is -2.18. The molecule has 7 heteroatoms. The number of hydrogen-bond donors (Lipinski definition) is 1. The van der Waals surface area contributed by atoms with Gasteiger partial charge in [0.2, 0.25) is 0 Å². The molecule has 0 spiro atoms. The third kappa shape index (κ3) is 2.42. The molecule has 0 saturated carbocycles. The molecule has 0 saturated heterocycles. The van der Waals surface area contributed by atoms with E-state index in [1.807, 2.05) is 0 Å². The molecule has 0 fully saturated rings. The largest absolute Gasteiger partial charge is 0.331 e. The maximum Gasteiger partial charge on any atom is 0.331 e. The summed E-state index contributed by atoms with van der Waals surface area (Å²) in [5, 5.41) is 2.01. The van der Waals surface area contributed by atoms with E-state index in [0.29, 0.717) is 6.07 Å². The zero-order valence-electron chi connectivity index (χ0n) is 8.32. The molecule has 0 aliphatic rings. The number of halogens is 3. The van der Waals surface area contributed by atoms with Crippen molar-refractivity contribution in [3.63, 3.8) is 0 Å². The standard InChI is InChI=1S/C10H6ClF2N3O/c11-7-3-6(12)4-8(13)9(7)15-10(17)16-2-1-14-5-16/h1-5H,(H,15,17). The van der Waals surface area contributed by atoms with Crippen LogP contribution < -0.4 is 5.32 Å². The van der Waals surface area contributed by atoms with Crippen LogP contribution in [0.3, 0.4) is 0 Å². The minimum absolute atomic E-state index is 0.212. The summed E-state index contributed by atoms with van der Waals surface area (Å²) in [4.78, 5) is 15.2. The van der Waals surface area contributed by atoms with Gasteiger partial charge in [0, 0.05) is 18.5 Å². The summed E-state index contributed by atoms with van der Waals surface area (Å²) < 4.78 is 27.2. The average molecular weight is 258 g/mol. The number of benzene rings is 1. The van der Waals surface area contributed by atoms with Gasteiger partial charge in [-0.25, -0.2) is 18.6 Å². The van der Waals surface area contributed by atoms with Crippen LogP contribution >= 0.6 is 11.6 Å². The first-order chi connectivity index (χ1) is 8.08. The summed E-state index contributed by atoms with van der Waals surface area (Å²) in [6.45, 7) is 0. The van der Waals surface area contributed by atoms with E-state index in [1.54, 1.807) is 0 Å². The van der Waals surface area contributed by atoms with Crippen LogP contribution in [0.25, 0.3) is 0 Å². The van der Waals surface area contributed by atoms with Gasteiger partial charge in [-0.15, -0.1) is 0 Å². The molecule has 2 rings (SSSR count). The normalized spacial score (nSPS) is 10.3. The quantitative estimate of drug-likeness (QED) is 0.854. The molecule has 0 unspecified atom stereocenters. The second-order valence-corrected chi connectivity index (χ2v) is 3.55. The van der Waals surface area contributed by atoms with Crippen LogP contribution in [0.5, 0.6) is 0 Å². The zero-order valence-corrected chi connectivity index (χ0v) is 9.08. The molecule has 0 radical (unpaired) electrons. The number of rotatable bonds is 1. The van der Waals surface area contributed by atoms with Crippen molar-refractivity contribution in [2.75, 3.05) is 5.32 Å². The van der Waals surface area contributed by atoms with E-state index in [2.05, 4.69) is 10.3 Å². The molecule has 4 nitrogen and oxygen atoms in total. The third-order valence-electron chi connectivity index (χ3n) is 1.98. The molecular weight excluding hydrogens is 252 g/mol. The molecule has 1 N–H and O–H groups in total. The van der Waals surface area contributed by atoms with Crippen molar-refractivity contribution in [1.29, 1.82) is 0 Å². The van der Waals surface area contributed by atoms with Crippen LogP contribution in [0, 0.1) is 11.6 Å². The third-order valence-corrected chi connectivity index (χ3v) is 2.28. The molecule has 1 aromatic heterocycles.